The molecular formula is C36H50F3NO5S. The molecule has 0 unspecified atom stereocenters. The minimum atomic E-state index is -4.33. The molecule has 1 fully saturated rings. The third-order valence-corrected chi connectivity index (χ3v) is 10.2. The second kappa shape index (κ2) is 14.4. The molecule has 0 spiro atoms. The Kier molecular flexibility index (Phi) is 11.4. The van der Waals surface area contributed by atoms with Gasteiger partial charge in [0.1, 0.15) is 5.75 Å². The highest BCUT2D eigenvalue weighted by Crippen LogP contribution is 2.45. The van der Waals surface area contributed by atoms with E-state index >= 15 is 0 Å². The van der Waals surface area contributed by atoms with Gasteiger partial charge in [0.05, 0.1) is 31.0 Å². The maximum atomic E-state index is 14.1. The Morgan fingerprint density at radius 1 is 1.04 bits per heavy atom. The minimum absolute atomic E-state index is 0.112. The van der Waals surface area contributed by atoms with Gasteiger partial charge in [0.25, 0.3) is 10.1 Å². The predicted octanol–water partition coefficient (Wildman–Crippen LogP) is 8.16. The first-order chi connectivity index (χ1) is 21.4. The van der Waals surface area contributed by atoms with Gasteiger partial charge in [0.15, 0.2) is 0 Å². The molecule has 4 rings (SSSR count). The second-order valence-corrected chi connectivity index (χ2v) is 16.1. The lowest BCUT2D eigenvalue weighted by Crippen LogP contribution is -2.47. The zero-order valence-electron chi connectivity index (χ0n) is 28.1. The van der Waals surface area contributed by atoms with Crippen LogP contribution in [-0.2, 0) is 31.0 Å². The Hall–Kier alpha value is -2.40. The third-order valence-electron chi connectivity index (χ3n) is 9.60. The summed E-state index contributed by atoms with van der Waals surface area (Å²) < 4.78 is 81.5. The fourth-order valence-corrected chi connectivity index (χ4v) is 7.30. The zero-order chi connectivity index (χ0) is 33.8. The van der Waals surface area contributed by atoms with Crippen LogP contribution in [0, 0.1) is 11.3 Å². The van der Waals surface area contributed by atoms with Gasteiger partial charge in [-0.05, 0) is 113 Å². The Morgan fingerprint density at radius 2 is 1.72 bits per heavy atom. The van der Waals surface area contributed by atoms with E-state index in [0.29, 0.717) is 26.1 Å². The maximum absolute atomic E-state index is 14.1. The van der Waals surface area contributed by atoms with Crippen LogP contribution in [0.5, 0.6) is 5.75 Å². The Balaban J connectivity index is 1.52. The Bertz CT molecular complexity index is 1440. The van der Waals surface area contributed by atoms with Gasteiger partial charge in [-0.3, -0.25) is 9.08 Å². The topological polar surface area (TPSA) is 65.1 Å². The number of rotatable bonds is 13. The number of ether oxygens (including phenoxy) is 2. The molecule has 0 N–H and O–H groups in total. The lowest BCUT2D eigenvalue weighted by molar-refractivity contribution is -0.217. The largest absolute Gasteiger partial charge is 0.497 e. The molecule has 2 aromatic carbocycles. The molecule has 0 saturated carbocycles. The van der Waals surface area contributed by atoms with Crippen LogP contribution < -0.4 is 4.74 Å². The number of methoxy groups -OCH3 is 1. The molecule has 6 nitrogen and oxygen atoms in total. The van der Waals surface area contributed by atoms with Gasteiger partial charge in [-0.15, -0.1) is 0 Å². The second-order valence-electron chi connectivity index (χ2n) is 14.4. The highest BCUT2D eigenvalue weighted by molar-refractivity contribution is 7.85. The average molecular weight is 666 g/mol. The molecule has 0 radical (unpaired) electrons. The SMILES string of the molecule is COc1ccc([C@]2(CCN(Cc3ccc(C4=CC[C@H](COS(C)(=O)=O)CC4)cc3)CC(C)(C)C(F)(F)F)CCOC(C)(C)C2)cc1. The zero-order valence-corrected chi connectivity index (χ0v) is 28.9. The maximum Gasteiger partial charge on any atom is 0.395 e. The summed E-state index contributed by atoms with van der Waals surface area (Å²) in [7, 11) is -1.82. The van der Waals surface area contributed by atoms with Gasteiger partial charge >= 0.3 is 6.18 Å². The van der Waals surface area contributed by atoms with Gasteiger partial charge in [-0.2, -0.15) is 21.6 Å². The van der Waals surface area contributed by atoms with Crippen molar-refractivity contribution in [2.75, 3.05) is 39.7 Å². The van der Waals surface area contributed by atoms with Crippen molar-refractivity contribution in [3.63, 3.8) is 0 Å². The molecule has 2 aliphatic rings. The molecule has 2 aromatic rings. The number of nitrogens with zero attached hydrogens (tertiary/aromatic N) is 1. The lowest BCUT2D eigenvalue weighted by Gasteiger charge is -2.46. The van der Waals surface area contributed by atoms with Crippen LogP contribution in [0.4, 0.5) is 13.2 Å². The summed E-state index contributed by atoms with van der Waals surface area (Å²) in [5, 5.41) is 0. The number of benzene rings is 2. The van der Waals surface area contributed by atoms with Crippen molar-refractivity contribution in [1.29, 1.82) is 0 Å². The predicted molar refractivity (Wildman–Crippen MR) is 176 cm³/mol. The molecule has 0 bridgehead atoms. The normalized spacial score (nSPS) is 22.5. The molecule has 0 aromatic heterocycles. The first kappa shape index (κ1) is 36.4. The summed E-state index contributed by atoms with van der Waals surface area (Å²) in [6.07, 6.45) is 3.53. The van der Waals surface area contributed by atoms with E-state index in [-0.39, 0.29) is 30.1 Å². The summed E-state index contributed by atoms with van der Waals surface area (Å²) in [5.74, 6) is 0.929. The first-order valence-electron chi connectivity index (χ1n) is 16.1. The number of allylic oxidation sites excluding steroid dienone is 2. The number of hydrogen-bond donors (Lipinski definition) is 0. The summed E-state index contributed by atoms with van der Waals surface area (Å²) in [6.45, 7) is 8.32. The van der Waals surface area contributed by atoms with Crippen LogP contribution in [-0.4, -0.2) is 64.8 Å². The van der Waals surface area contributed by atoms with Gasteiger partial charge < -0.3 is 9.47 Å². The molecule has 1 aliphatic heterocycles. The number of halogens is 3. The summed E-state index contributed by atoms with van der Waals surface area (Å²) in [4.78, 5) is 1.96. The molecule has 256 valence electrons. The van der Waals surface area contributed by atoms with E-state index in [1.165, 1.54) is 19.4 Å². The molecule has 2 atom stereocenters. The van der Waals surface area contributed by atoms with Crippen LogP contribution in [0.15, 0.2) is 54.6 Å². The quantitative estimate of drug-likeness (QED) is 0.201. The van der Waals surface area contributed by atoms with Crippen LogP contribution >= 0.6 is 0 Å². The van der Waals surface area contributed by atoms with Crippen molar-refractivity contribution < 1.29 is 35.2 Å². The van der Waals surface area contributed by atoms with Crippen molar-refractivity contribution >= 4 is 15.7 Å². The Labute approximate surface area is 273 Å². The van der Waals surface area contributed by atoms with E-state index in [0.717, 1.165) is 60.8 Å². The number of hydrogen-bond acceptors (Lipinski definition) is 6. The average Bonchev–Trinajstić information content (AvgIpc) is 2.98. The van der Waals surface area contributed by atoms with E-state index in [1.54, 1.807) is 7.11 Å². The van der Waals surface area contributed by atoms with Gasteiger partial charge in [-0.25, -0.2) is 0 Å². The van der Waals surface area contributed by atoms with Crippen LogP contribution in [0.1, 0.15) is 82.9 Å². The summed E-state index contributed by atoms with van der Waals surface area (Å²) >= 11 is 0. The van der Waals surface area contributed by atoms with Crippen molar-refractivity contribution in [3.8, 4) is 5.75 Å². The number of alkyl halides is 3. The van der Waals surface area contributed by atoms with Crippen LogP contribution in [0.2, 0.25) is 0 Å². The van der Waals surface area contributed by atoms with E-state index in [2.05, 4.69) is 32.1 Å². The monoisotopic (exact) mass is 665 g/mol. The summed E-state index contributed by atoms with van der Waals surface area (Å²) in [5.41, 5.74) is 1.93. The minimum Gasteiger partial charge on any atom is -0.497 e. The highest BCUT2D eigenvalue weighted by Gasteiger charge is 2.48. The molecule has 1 aliphatic carbocycles. The molecule has 0 amide bonds. The van der Waals surface area contributed by atoms with Crippen LogP contribution in [0.3, 0.4) is 0 Å². The van der Waals surface area contributed by atoms with Crippen molar-refractivity contribution in [1.82, 2.24) is 4.90 Å². The van der Waals surface area contributed by atoms with Gasteiger partial charge in [-0.1, -0.05) is 42.5 Å². The molecular weight excluding hydrogens is 615 g/mol. The Morgan fingerprint density at radius 3 is 2.26 bits per heavy atom. The standard InChI is InChI=1S/C36H50F3NO5S/c1-33(2,36(37,38)39)26-40(21-19-35(20-22-44-34(3,4)25-35)31-15-17-32(43-5)18-16-31)23-27-7-11-29(12-8-27)30-13-9-28(10-14-30)24-45-46(6,41)42/h7-8,11-13,15-18,28H,9-10,14,19-26H2,1-6H3/t28-,35+/m0/s1. The third kappa shape index (κ3) is 9.81. The van der Waals surface area contributed by atoms with Crippen molar-refractivity contribution in [2.24, 2.45) is 11.3 Å². The van der Waals surface area contributed by atoms with E-state index in [9.17, 15) is 21.6 Å². The fraction of sp³-hybridized carbons (Fsp3) is 0.611. The van der Waals surface area contributed by atoms with E-state index in [1.807, 2.05) is 41.3 Å². The molecule has 1 saturated heterocycles. The van der Waals surface area contributed by atoms with Gasteiger partial charge in [0, 0.05) is 25.1 Å². The van der Waals surface area contributed by atoms with Crippen LogP contribution in [0.25, 0.3) is 5.57 Å². The smallest absolute Gasteiger partial charge is 0.395 e. The highest BCUT2D eigenvalue weighted by atomic mass is 32.2. The fourth-order valence-electron chi connectivity index (χ4n) is 6.86. The molecule has 10 heteroatoms. The van der Waals surface area contributed by atoms with Gasteiger partial charge in [0.2, 0.25) is 0 Å². The first-order valence-corrected chi connectivity index (χ1v) is 17.9. The molecule has 1 heterocycles. The lowest BCUT2D eigenvalue weighted by atomic mass is 9.67. The van der Waals surface area contributed by atoms with E-state index < -0.39 is 21.7 Å². The van der Waals surface area contributed by atoms with Crippen molar-refractivity contribution in [2.45, 2.75) is 90.0 Å². The summed E-state index contributed by atoms with van der Waals surface area (Å²) in [6, 6.07) is 16.2. The van der Waals surface area contributed by atoms with Crippen molar-refractivity contribution in [3.05, 3.63) is 71.3 Å². The molecule has 46 heavy (non-hydrogen) atoms. The van der Waals surface area contributed by atoms with E-state index in [4.69, 9.17) is 13.7 Å².